The summed E-state index contributed by atoms with van der Waals surface area (Å²) in [6, 6.07) is 18.7. The molecular formula is C30H18F11IrN8. The molecule has 0 fully saturated rings. The second-order valence-electron chi connectivity index (χ2n) is 9.59. The van der Waals surface area contributed by atoms with Crippen LogP contribution in [0.3, 0.4) is 0 Å². The summed E-state index contributed by atoms with van der Waals surface area (Å²) >= 11 is 0. The van der Waals surface area contributed by atoms with Gasteiger partial charge in [0.15, 0.2) is 0 Å². The van der Waals surface area contributed by atoms with Gasteiger partial charge in [-0.1, -0.05) is 6.07 Å². The van der Waals surface area contributed by atoms with Gasteiger partial charge >= 0.3 is 38.6 Å². The van der Waals surface area contributed by atoms with Gasteiger partial charge in [-0.25, -0.2) is 10.2 Å². The normalized spacial score (nSPS) is 11.5. The Balaban J connectivity index is 0.000000201. The van der Waals surface area contributed by atoms with Crippen LogP contribution in [-0.4, -0.2) is 34.6 Å². The third-order valence-corrected chi connectivity index (χ3v) is 6.04. The van der Waals surface area contributed by atoms with Gasteiger partial charge in [-0.2, -0.15) is 39.5 Å². The summed E-state index contributed by atoms with van der Waals surface area (Å²) in [6.07, 6.45) is -12.0. The van der Waals surface area contributed by atoms with Crippen molar-refractivity contribution in [1.29, 1.82) is 0 Å². The van der Waals surface area contributed by atoms with Gasteiger partial charge in [0.2, 0.25) is 0 Å². The molecule has 0 spiro atoms. The smallest absolute Gasteiger partial charge is 0.413 e. The molecule has 0 saturated carbocycles. The molecule has 0 amide bonds. The van der Waals surface area contributed by atoms with E-state index in [4.69, 9.17) is 0 Å². The number of hydrogen-bond donors (Lipinski definition) is 0. The second kappa shape index (κ2) is 15.7. The summed E-state index contributed by atoms with van der Waals surface area (Å²) in [5.74, 6) is -2.37. The fourth-order valence-electron chi connectivity index (χ4n) is 3.82. The van der Waals surface area contributed by atoms with E-state index in [2.05, 4.69) is 42.5 Å². The molecule has 50 heavy (non-hydrogen) atoms. The van der Waals surface area contributed by atoms with Gasteiger partial charge in [0.1, 0.15) is 17.2 Å². The Morgan fingerprint density at radius 2 is 1.12 bits per heavy atom. The molecule has 0 atom stereocenters. The molecule has 6 aromatic rings. The maximum Gasteiger partial charge on any atom is 3.00 e. The van der Waals surface area contributed by atoms with E-state index in [0.29, 0.717) is 11.1 Å². The first kappa shape index (κ1) is 39.5. The van der Waals surface area contributed by atoms with Crippen LogP contribution in [0, 0.1) is 23.8 Å². The Morgan fingerprint density at radius 3 is 1.44 bits per heavy atom. The quantitative estimate of drug-likeness (QED) is 0.135. The second-order valence-corrected chi connectivity index (χ2v) is 9.59. The minimum atomic E-state index is -4.57. The fourth-order valence-corrected chi connectivity index (χ4v) is 3.82. The maximum absolute atomic E-state index is 12.6. The van der Waals surface area contributed by atoms with Gasteiger partial charge in [-0.05, 0) is 30.1 Å². The number of hydrogen-bond acceptors (Lipinski definition) is 5. The molecular weight excluding hydrogens is 874 g/mol. The van der Waals surface area contributed by atoms with Crippen molar-refractivity contribution in [3.63, 3.8) is 0 Å². The van der Waals surface area contributed by atoms with Crippen LogP contribution in [-0.2, 0) is 52.7 Å². The zero-order chi connectivity index (χ0) is 36.1. The number of pyridine rings is 1. The van der Waals surface area contributed by atoms with E-state index in [1.165, 1.54) is 38.5 Å². The minimum absolute atomic E-state index is 0. The van der Waals surface area contributed by atoms with Gasteiger partial charge in [-0.3, -0.25) is 28.2 Å². The summed E-state index contributed by atoms with van der Waals surface area (Å²) in [6.45, 7) is 0. The predicted octanol–water partition coefficient (Wildman–Crippen LogP) is 7.60. The fraction of sp³-hybridized carbons (Fsp3) is 0.167. The van der Waals surface area contributed by atoms with Crippen molar-refractivity contribution < 1.29 is 68.4 Å². The van der Waals surface area contributed by atoms with E-state index in [1.807, 2.05) is 0 Å². The number of rotatable bonds is 3. The first-order valence-electron chi connectivity index (χ1n) is 13.3. The number of benzene rings is 2. The molecule has 0 radical (unpaired) electrons. The number of aromatic nitrogens is 8. The SMILES string of the molecule is Cn1nc(-c2[c-]cc(F)cc2)cc1C(F)(F)F.Cn1nc(-c2[c-]cc(F)cc2)cc1C(F)(F)F.FC(F)(F)c1n[n-]c(-c2ccccn2)n1.[Ir+3]. The molecule has 6 rings (SSSR count). The van der Waals surface area contributed by atoms with Crippen LogP contribution in [0.2, 0.25) is 0 Å². The van der Waals surface area contributed by atoms with E-state index in [1.54, 1.807) is 12.1 Å². The van der Waals surface area contributed by atoms with Crippen molar-refractivity contribution in [2.24, 2.45) is 14.1 Å². The Morgan fingerprint density at radius 1 is 0.640 bits per heavy atom. The monoisotopic (exact) mass is 892 g/mol. The molecule has 4 aromatic heterocycles. The number of alkyl halides is 9. The molecule has 0 aliphatic heterocycles. The van der Waals surface area contributed by atoms with Crippen LogP contribution in [0.15, 0.2) is 72.9 Å². The van der Waals surface area contributed by atoms with Gasteiger partial charge in [-0.15, -0.1) is 59.7 Å². The Bertz CT molecular complexity index is 1860. The molecule has 0 aliphatic carbocycles. The van der Waals surface area contributed by atoms with Crippen LogP contribution in [0.1, 0.15) is 17.2 Å². The Labute approximate surface area is 288 Å². The van der Waals surface area contributed by atoms with Crippen molar-refractivity contribution >= 4 is 0 Å². The van der Waals surface area contributed by atoms with Gasteiger partial charge in [0.25, 0.3) is 0 Å². The average Bonchev–Trinajstić information content (AvgIpc) is 3.77. The topological polar surface area (TPSA) is 88.4 Å². The molecule has 264 valence electrons. The van der Waals surface area contributed by atoms with E-state index >= 15 is 0 Å². The Hall–Kier alpha value is -4.97. The zero-order valence-corrected chi connectivity index (χ0v) is 27.4. The molecule has 0 saturated heterocycles. The van der Waals surface area contributed by atoms with Crippen molar-refractivity contribution in [2.45, 2.75) is 18.5 Å². The summed E-state index contributed by atoms with van der Waals surface area (Å²) < 4.78 is 138. The van der Waals surface area contributed by atoms with Crippen molar-refractivity contribution in [1.82, 2.24) is 39.7 Å². The van der Waals surface area contributed by atoms with Crippen LogP contribution < -0.4 is 5.10 Å². The number of nitrogens with zero attached hydrogens (tertiary/aromatic N) is 8. The van der Waals surface area contributed by atoms with Crippen LogP contribution in [0.25, 0.3) is 34.0 Å². The van der Waals surface area contributed by atoms with Crippen molar-refractivity contribution in [3.8, 4) is 34.0 Å². The van der Waals surface area contributed by atoms with Crippen LogP contribution >= 0.6 is 0 Å². The van der Waals surface area contributed by atoms with Gasteiger partial charge < -0.3 is 10.1 Å². The summed E-state index contributed by atoms with van der Waals surface area (Å²) in [5.41, 5.74) is -0.592. The minimum Gasteiger partial charge on any atom is -0.413 e. The molecule has 20 heteroatoms. The van der Waals surface area contributed by atoms with E-state index in [-0.39, 0.29) is 43.0 Å². The molecule has 8 nitrogen and oxygen atoms in total. The zero-order valence-electron chi connectivity index (χ0n) is 25.0. The standard InChI is InChI=1S/2C11H7F4N2.C8H4F3N4.Ir/c2*1-17-10(11(13,14)15)6-9(16-17)7-2-4-8(12)5-3-7;9-8(10,11)7-13-6(14-15-7)5-3-1-2-4-12-5;/h2*2,4-6H,1H3;1-4H;/q3*-1;+3. The van der Waals surface area contributed by atoms with Crippen molar-refractivity contribution in [2.75, 3.05) is 0 Å². The molecule has 0 bridgehead atoms. The first-order valence-corrected chi connectivity index (χ1v) is 13.3. The number of aryl methyl sites for hydroxylation is 2. The summed E-state index contributed by atoms with van der Waals surface area (Å²) in [4.78, 5) is 7.05. The van der Waals surface area contributed by atoms with E-state index in [9.17, 15) is 48.3 Å². The third-order valence-electron chi connectivity index (χ3n) is 6.04. The first-order chi connectivity index (χ1) is 22.8. The van der Waals surface area contributed by atoms with Gasteiger partial charge in [0.05, 0.1) is 5.69 Å². The third kappa shape index (κ3) is 10.3. The predicted molar refractivity (Wildman–Crippen MR) is 148 cm³/mol. The van der Waals surface area contributed by atoms with Crippen LogP contribution in [0.5, 0.6) is 0 Å². The largest absolute Gasteiger partial charge is 3.00 e. The summed E-state index contributed by atoms with van der Waals surface area (Å²) in [5, 5.41) is 13.7. The average molecular weight is 892 g/mol. The molecule has 0 N–H and O–H groups in total. The van der Waals surface area contributed by atoms with Crippen molar-refractivity contribution in [3.05, 3.63) is 114 Å². The number of halogens is 11. The molecule has 0 aliphatic rings. The molecule has 4 heterocycles. The summed E-state index contributed by atoms with van der Waals surface area (Å²) in [7, 11) is 2.41. The van der Waals surface area contributed by atoms with Crippen LogP contribution in [0.4, 0.5) is 48.3 Å². The van der Waals surface area contributed by atoms with E-state index < -0.39 is 47.4 Å². The van der Waals surface area contributed by atoms with E-state index in [0.717, 1.165) is 45.8 Å². The molecule has 2 aromatic carbocycles. The molecule has 0 unspecified atom stereocenters. The maximum atomic E-state index is 12.6. The Kier molecular flexibility index (Phi) is 12.4. The van der Waals surface area contributed by atoms with Gasteiger partial charge in [0, 0.05) is 43.3 Å².